The maximum Gasteiger partial charge on any atom is 0.369 e. The number of aliphatic hydroxyl groups is 2. The van der Waals surface area contributed by atoms with Gasteiger partial charge in [0.25, 0.3) is 0 Å². The molecule has 0 saturated heterocycles. The van der Waals surface area contributed by atoms with Crippen LogP contribution in [-0.4, -0.2) is 81.9 Å². The molecule has 6 nitrogen and oxygen atoms in total. The van der Waals surface area contributed by atoms with E-state index in [4.69, 9.17) is 28.0 Å². The van der Waals surface area contributed by atoms with Crippen molar-refractivity contribution in [3.05, 3.63) is 0 Å². The predicted octanol–water partition coefficient (Wildman–Crippen LogP) is -0.465. The standard InChI is InChI=1S/C11H20Cl2N2O4/c1-9(16)19-15(7-11(18)5-13)3-2-14(8-15)6-10(17)4-12/h8,10-11,17-18H,2-7H2,1H3/q+2. The summed E-state index contributed by atoms with van der Waals surface area (Å²) in [4.78, 5) is 16.5. The molecule has 3 atom stereocenters. The highest BCUT2D eigenvalue weighted by Gasteiger charge is 2.44. The van der Waals surface area contributed by atoms with Crippen LogP contribution in [0.5, 0.6) is 0 Å². The number of rotatable bonds is 7. The molecule has 8 heteroatoms. The van der Waals surface area contributed by atoms with Crippen molar-refractivity contribution in [1.29, 1.82) is 0 Å². The van der Waals surface area contributed by atoms with Crippen LogP contribution in [0.2, 0.25) is 0 Å². The second kappa shape index (κ2) is 7.40. The zero-order valence-corrected chi connectivity index (χ0v) is 12.3. The molecular formula is C11H20Cl2N2O4+2. The summed E-state index contributed by atoms with van der Waals surface area (Å²) in [5.41, 5.74) is 0. The molecule has 0 fully saturated rings. The Kier molecular flexibility index (Phi) is 6.49. The number of hydroxylamine groups is 3. The number of halogens is 2. The summed E-state index contributed by atoms with van der Waals surface area (Å²) in [5.74, 6) is -0.223. The van der Waals surface area contributed by atoms with E-state index in [1.165, 1.54) is 6.92 Å². The van der Waals surface area contributed by atoms with E-state index in [-0.39, 0.29) is 23.0 Å². The lowest BCUT2D eigenvalue weighted by atomic mass is 10.3. The molecule has 3 unspecified atom stereocenters. The molecule has 1 aliphatic heterocycles. The third-order valence-corrected chi connectivity index (χ3v) is 3.48. The minimum Gasteiger partial charge on any atom is -0.386 e. The van der Waals surface area contributed by atoms with Gasteiger partial charge in [-0.3, -0.25) is 4.84 Å². The van der Waals surface area contributed by atoms with Crippen LogP contribution in [0.1, 0.15) is 6.92 Å². The molecule has 1 aliphatic rings. The fourth-order valence-electron chi connectivity index (χ4n) is 2.08. The number of carbonyl (C=O) groups is 1. The Morgan fingerprint density at radius 3 is 2.58 bits per heavy atom. The highest BCUT2D eigenvalue weighted by Crippen LogP contribution is 2.13. The van der Waals surface area contributed by atoms with Crippen LogP contribution in [0.25, 0.3) is 0 Å². The first kappa shape index (κ1) is 16.7. The normalized spacial score (nSPS) is 25.8. The van der Waals surface area contributed by atoms with E-state index in [1.807, 2.05) is 4.58 Å². The van der Waals surface area contributed by atoms with Crippen molar-refractivity contribution in [2.75, 3.05) is 37.9 Å². The Morgan fingerprint density at radius 1 is 1.42 bits per heavy atom. The lowest BCUT2D eigenvalue weighted by molar-refractivity contribution is -1.01. The van der Waals surface area contributed by atoms with Crippen LogP contribution in [-0.2, 0) is 9.63 Å². The molecule has 1 rings (SSSR count). The van der Waals surface area contributed by atoms with Gasteiger partial charge in [0, 0.05) is 6.92 Å². The molecule has 0 aromatic rings. The molecule has 0 aliphatic carbocycles. The van der Waals surface area contributed by atoms with Crippen molar-refractivity contribution in [3.8, 4) is 0 Å². The Balaban J connectivity index is 2.78. The van der Waals surface area contributed by atoms with Gasteiger partial charge in [0.2, 0.25) is 6.54 Å². The van der Waals surface area contributed by atoms with Crippen molar-refractivity contribution in [1.82, 2.24) is 0 Å². The summed E-state index contributed by atoms with van der Waals surface area (Å²) >= 11 is 11.1. The van der Waals surface area contributed by atoms with Gasteiger partial charge in [0.1, 0.15) is 12.2 Å². The minimum absolute atomic E-state index is 0.0689. The Bertz CT molecular complexity index is 354. The van der Waals surface area contributed by atoms with E-state index in [0.717, 1.165) is 0 Å². The highest BCUT2D eigenvalue weighted by molar-refractivity contribution is 6.18. The number of aliphatic hydroxyl groups excluding tert-OH is 2. The molecule has 0 amide bonds. The van der Waals surface area contributed by atoms with Gasteiger partial charge in [-0.1, -0.05) is 0 Å². The van der Waals surface area contributed by atoms with E-state index < -0.39 is 18.2 Å². The van der Waals surface area contributed by atoms with E-state index >= 15 is 0 Å². The van der Waals surface area contributed by atoms with Gasteiger partial charge in [-0.15, -0.1) is 23.2 Å². The van der Waals surface area contributed by atoms with Crippen molar-refractivity contribution in [3.63, 3.8) is 0 Å². The monoisotopic (exact) mass is 314 g/mol. The lowest BCUT2D eigenvalue weighted by Crippen LogP contribution is -2.51. The zero-order chi connectivity index (χ0) is 14.5. The number of β-amino-alcohol motifs (C(OH)–C–C–N with tert-alkyl or cyclic N) is 1. The first-order valence-corrected chi connectivity index (χ1v) is 7.13. The number of quaternary nitrogens is 1. The molecule has 0 radical (unpaired) electrons. The van der Waals surface area contributed by atoms with Gasteiger partial charge in [-0.25, -0.2) is 4.79 Å². The maximum absolute atomic E-state index is 11.2. The number of nitrogens with zero attached hydrogens (tertiary/aromatic N) is 2. The molecule has 1 heterocycles. The summed E-state index contributed by atoms with van der Waals surface area (Å²) in [6.07, 6.45) is 0.274. The average Bonchev–Trinajstić information content (AvgIpc) is 2.70. The van der Waals surface area contributed by atoms with Gasteiger partial charge in [0.05, 0.1) is 11.8 Å². The summed E-state index contributed by atoms with van der Waals surface area (Å²) in [5, 5.41) is 19.2. The molecule has 110 valence electrons. The quantitative estimate of drug-likeness (QED) is 0.379. The number of hydrogen-bond donors (Lipinski definition) is 2. The summed E-state index contributed by atoms with van der Waals surface area (Å²) in [7, 11) is 0. The van der Waals surface area contributed by atoms with Crippen molar-refractivity contribution in [2.24, 2.45) is 0 Å². The molecule has 2 N–H and O–H groups in total. The van der Waals surface area contributed by atoms with Crippen LogP contribution >= 0.6 is 23.2 Å². The van der Waals surface area contributed by atoms with Crippen LogP contribution in [0, 0.1) is 0 Å². The molecule has 19 heavy (non-hydrogen) atoms. The van der Waals surface area contributed by atoms with Crippen molar-refractivity contribution >= 4 is 35.5 Å². The minimum atomic E-state index is -0.768. The van der Waals surface area contributed by atoms with Gasteiger partial charge >= 0.3 is 12.3 Å². The van der Waals surface area contributed by atoms with E-state index in [0.29, 0.717) is 19.6 Å². The van der Waals surface area contributed by atoms with Gasteiger partial charge in [-0.2, -0.15) is 4.58 Å². The van der Waals surface area contributed by atoms with Crippen LogP contribution in [0.4, 0.5) is 0 Å². The Labute approximate surface area is 122 Å². The third kappa shape index (κ3) is 5.24. The first-order valence-electron chi connectivity index (χ1n) is 6.06. The van der Waals surface area contributed by atoms with Crippen LogP contribution in [0.3, 0.4) is 0 Å². The van der Waals surface area contributed by atoms with E-state index in [9.17, 15) is 15.0 Å². The van der Waals surface area contributed by atoms with Crippen molar-refractivity contribution < 1.29 is 29.1 Å². The second-order valence-electron chi connectivity index (χ2n) is 4.67. The molecule has 0 bridgehead atoms. The average molecular weight is 315 g/mol. The summed E-state index contributed by atoms with van der Waals surface area (Å²) in [6, 6.07) is 0. The van der Waals surface area contributed by atoms with Gasteiger partial charge < -0.3 is 10.2 Å². The largest absolute Gasteiger partial charge is 0.386 e. The molecule has 0 spiro atoms. The van der Waals surface area contributed by atoms with Crippen molar-refractivity contribution in [2.45, 2.75) is 19.1 Å². The Hall–Kier alpha value is -0.400. The third-order valence-electron chi connectivity index (χ3n) is 2.77. The number of carbonyl (C=O) groups excluding carboxylic acids is 1. The lowest BCUT2D eigenvalue weighted by Gasteiger charge is -2.24. The van der Waals surface area contributed by atoms with Gasteiger partial charge in [-0.05, 0) is 4.65 Å². The number of hydrogen-bond acceptors (Lipinski definition) is 4. The molecule has 0 saturated carbocycles. The number of alkyl halides is 2. The zero-order valence-electron chi connectivity index (χ0n) is 10.8. The predicted molar refractivity (Wildman–Crippen MR) is 71.3 cm³/mol. The Morgan fingerprint density at radius 2 is 2.05 bits per heavy atom. The molecule has 0 aromatic carbocycles. The fourth-order valence-corrected chi connectivity index (χ4v) is 2.27. The molecule has 0 aromatic heterocycles. The maximum atomic E-state index is 11.2. The topological polar surface area (TPSA) is 69.8 Å². The smallest absolute Gasteiger partial charge is 0.369 e. The first-order chi connectivity index (χ1) is 8.90. The second-order valence-corrected chi connectivity index (χ2v) is 5.29. The molecular weight excluding hydrogens is 295 g/mol. The summed E-state index contributed by atoms with van der Waals surface area (Å²) in [6.45, 7) is 2.98. The van der Waals surface area contributed by atoms with Crippen LogP contribution in [0.15, 0.2) is 0 Å². The van der Waals surface area contributed by atoms with Crippen LogP contribution < -0.4 is 0 Å². The van der Waals surface area contributed by atoms with E-state index in [2.05, 4.69) is 0 Å². The van der Waals surface area contributed by atoms with Gasteiger partial charge in [0.15, 0.2) is 19.6 Å². The van der Waals surface area contributed by atoms with E-state index in [1.54, 1.807) is 6.34 Å². The summed E-state index contributed by atoms with van der Waals surface area (Å²) < 4.78 is 1.72. The fraction of sp³-hybridized carbons (Fsp3) is 0.818. The SMILES string of the molecule is CC(=O)O[N+]1(CC(O)CCl)C=[N+](CC(O)CCl)CC1. The highest BCUT2D eigenvalue weighted by atomic mass is 35.5.